The third kappa shape index (κ3) is 26.9. The van der Waals surface area contributed by atoms with Crippen LogP contribution in [-0.4, -0.2) is 182 Å². The van der Waals surface area contributed by atoms with Crippen LogP contribution in [0.5, 0.6) is 0 Å². The third-order valence-electron chi connectivity index (χ3n) is 8.59. The second-order valence-electron chi connectivity index (χ2n) is 14.4. The molecule has 1 aliphatic heterocycles. The summed E-state index contributed by atoms with van der Waals surface area (Å²) in [6.07, 6.45) is -1.60. The maximum absolute atomic E-state index is 13.5. The first kappa shape index (κ1) is 56.8. The summed E-state index contributed by atoms with van der Waals surface area (Å²) in [6.45, 7) is 5.77. The predicted octanol–water partition coefficient (Wildman–Crippen LogP) is -5.40. The molecule has 28 heteroatoms. The van der Waals surface area contributed by atoms with E-state index in [4.69, 9.17) is 24.1 Å². The fraction of sp³-hybridized carbons (Fsp3) is 0.676. The zero-order valence-electron chi connectivity index (χ0n) is 36.4. The number of hydrogen-bond donors (Lipinski definition) is 14. The van der Waals surface area contributed by atoms with Crippen LogP contribution in [0, 0.1) is 5.92 Å². The lowest BCUT2D eigenvalue weighted by molar-refractivity contribution is -0.142. The number of rotatable bonds is 37. The molecular formula is C37H62N10O18. The number of amides is 6. The molecule has 6 amide bonds. The highest BCUT2D eigenvalue weighted by Gasteiger charge is 2.34. The van der Waals surface area contributed by atoms with E-state index in [9.17, 15) is 63.3 Å². The second-order valence-corrected chi connectivity index (χ2v) is 14.4. The normalized spacial score (nSPS) is 14.2. The van der Waals surface area contributed by atoms with E-state index in [1.165, 1.54) is 20.8 Å². The van der Waals surface area contributed by atoms with Gasteiger partial charge in [0.25, 0.3) is 0 Å². The molecule has 0 aromatic carbocycles. The summed E-state index contributed by atoms with van der Waals surface area (Å²) < 4.78 is 21.1. The lowest BCUT2D eigenvalue weighted by Crippen LogP contribution is -2.60. The number of hydrogen-bond acceptors (Lipinski definition) is 18. The van der Waals surface area contributed by atoms with E-state index in [1.54, 1.807) is 6.20 Å². The Morgan fingerprint density at radius 3 is 1.60 bits per heavy atom. The van der Waals surface area contributed by atoms with Gasteiger partial charge in [-0.2, -0.15) is 5.53 Å². The molecule has 0 aromatic heterocycles. The molecule has 1 rings (SSSR count). The summed E-state index contributed by atoms with van der Waals surface area (Å²) >= 11 is 0. The Hall–Kier alpha value is -6.20. The van der Waals surface area contributed by atoms with Crippen molar-refractivity contribution in [3.63, 3.8) is 0 Å². The molecule has 0 aromatic rings. The van der Waals surface area contributed by atoms with E-state index < -0.39 is 121 Å². The number of carbonyl (C=O) groups is 10. The molecule has 0 spiro atoms. The highest BCUT2D eigenvalue weighted by Crippen LogP contribution is 2.08. The Labute approximate surface area is 373 Å². The minimum atomic E-state index is -1.75. The van der Waals surface area contributed by atoms with Gasteiger partial charge in [0.05, 0.1) is 84.4 Å². The quantitative estimate of drug-likeness (QED) is 0.0259. The maximum Gasteiger partial charge on any atom is 0.305 e. The first-order valence-electron chi connectivity index (χ1n) is 20.4. The molecular weight excluding hydrogens is 872 g/mol. The van der Waals surface area contributed by atoms with Crippen molar-refractivity contribution < 1.29 is 87.3 Å². The highest BCUT2D eigenvalue weighted by atomic mass is 16.6. The lowest BCUT2D eigenvalue weighted by atomic mass is 10.0. The van der Waals surface area contributed by atoms with Crippen LogP contribution in [-0.2, 0) is 66.9 Å². The van der Waals surface area contributed by atoms with Gasteiger partial charge in [-0.05, 0) is 19.3 Å². The molecule has 0 unspecified atom stereocenters. The van der Waals surface area contributed by atoms with Gasteiger partial charge in [0.2, 0.25) is 35.4 Å². The smallest absolute Gasteiger partial charge is 0.305 e. The van der Waals surface area contributed by atoms with Crippen molar-refractivity contribution >= 4 is 59.3 Å². The van der Waals surface area contributed by atoms with Crippen LogP contribution < -0.4 is 53.6 Å². The van der Waals surface area contributed by atoms with Gasteiger partial charge in [-0.15, -0.1) is 0 Å². The van der Waals surface area contributed by atoms with Crippen molar-refractivity contribution in [2.75, 3.05) is 72.5 Å². The van der Waals surface area contributed by atoms with E-state index >= 15 is 0 Å². The van der Waals surface area contributed by atoms with Crippen LogP contribution in [0.4, 0.5) is 0 Å². The van der Waals surface area contributed by atoms with E-state index in [2.05, 4.69) is 53.6 Å². The van der Waals surface area contributed by atoms with E-state index in [1.807, 2.05) is 0 Å². The molecule has 1 aliphatic rings. The molecule has 14 N–H and O–H groups in total. The predicted molar refractivity (Wildman–Crippen MR) is 220 cm³/mol. The Morgan fingerprint density at radius 2 is 1.08 bits per heavy atom. The number of nitrogens with one attached hydrogen (secondary N) is 10. The van der Waals surface area contributed by atoms with Gasteiger partial charge in [0.15, 0.2) is 0 Å². The number of ether oxygens (including phenoxy) is 4. The van der Waals surface area contributed by atoms with Crippen LogP contribution >= 0.6 is 0 Å². The fourth-order valence-corrected chi connectivity index (χ4v) is 5.25. The first-order valence-corrected chi connectivity index (χ1v) is 20.4. The van der Waals surface area contributed by atoms with Gasteiger partial charge < -0.3 is 87.4 Å². The molecule has 0 radical (unpaired) electrons. The average molecular weight is 935 g/mol. The van der Waals surface area contributed by atoms with Gasteiger partial charge in [0.1, 0.15) is 30.2 Å². The highest BCUT2D eigenvalue weighted by molar-refractivity contribution is 5.98. The molecule has 0 saturated carbocycles. The first-order chi connectivity index (χ1) is 30.8. The fourth-order valence-electron chi connectivity index (χ4n) is 5.25. The van der Waals surface area contributed by atoms with E-state index in [0.717, 1.165) is 0 Å². The summed E-state index contributed by atoms with van der Waals surface area (Å²) in [7, 11) is 0. The van der Waals surface area contributed by atoms with Crippen molar-refractivity contribution in [3.05, 3.63) is 11.9 Å². The van der Waals surface area contributed by atoms with E-state index in [0.29, 0.717) is 5.70 Å². The molecule has 0 bridgehead atoms. The van der Waals surface area contributed by atoms with Crippen LogP contribution in [0.3, 0.4) is 0 Å². The lowest BCUT2D eigenvalue weighted by Gasteiger charge is -2.28. The van der Waals surface area contributed by atoms with Crippen LogP contribution in [0.15, 0.2) is 11.9 Å². The maximum atomic E-state index is 13.5. The minimum Gasteiger partial charge on any atom is -0.481 e. The molecule has 0 saturated heterocycles. The zero-order valence-corrected chi connectivity index (χ0v) is 36.4. The summed E-state index contributed by atoms with van der Waals surface area (Å²) in [6, 6.07) is -7.87. The summed E-state index contributed by atoms with van der Waals surface area (Å²) in [5.41, 5.74) is 8.61. The monoisotopic (exact) mass is 934 g/mol. The van der Waals surface area contributed by atoms with Crippen molar-refractivity contribution in [1.82, 2.24) is 53.6 Å². The standard InChI is InChI=1S/C37H62N10O18/c1-21(2)32(45-34(58)24(4-5-28(49)50)43-36(60)25(16-30(53)54)42-27(48)20-38-18-23-19-40-47-46-23)37(61)44-26(17-31(55)56)35(59)41-22(3)33(57)39-7-9-63-11-13-65-15-14-64-12-10-62-8-6-29(51)52/h19,21-22,24-26,32,38,40,46-47H,4-18,20H2,1-3H3,(H,39,57)(H,41,59)(H,42,48)(H,43,60)(H,44,61)(H,45,58)(H,49,50)(H,51,52)(H,53,54)(H,55,56)/t22-,24-,25-,26-,32-/m0/s1. The van der Waals surface area contributed by atoms with Crippen molar-refractivity contribution in [2.45, 2.75) is 83.1 Å². The topological polar surface area (TPSA) is 409 Å². The Kier molecular flexibility index (Phi) is 28.4. The SMILES string of the molecule is CC(C)[C@H](NC(=O)[C@H](CCC(=O)O)NC(=O)[C@H](CC(=O)O)NC(=O)CNCC1=CNNN1)C(=O)N[C@@H](CC(=O)O)C(=O)N[C@@H](C)C(=O)NCCOCCOCCOCCOCCC(=O)O. The van der Waals surface area contributed by atoms with Gasteiger partial charge in [-0.25, -0.2) is 0 Å². The molecule has 28 nitrogen and oxygen atoms in total. The third-order valence-corrected chi connectivity index (χ3v) is 8.59. The molecule has 368 valence electrons. The Morgan fingerprint density at radius 1 is 0.569 bits per heavy atom. The van der Waals surface area contributed by atoms with Gasteiger partial charge in [0, 0.05) is 25.7 Å². The van der Waals surface area contributed by atoms with Crippen molar-refractivity contribution in [2.24, 2.45) is 5.92 Å². The largest absolute Gasteiger partial charge is 0.481 e. The van der Waals surface area contributed by atoms with Crippen LogP contribution in [0.2, 0.25) is 0 Å². The van der Waals surface area contributed by atoms with Crippen molar-refractivity contribution in [1.29, 1.82) is 0 Å². The Bertz CT molecular complexity index is 1630. The van der Waals surface area contributed by atoms with Crippen LogP contribution in [0.25, 0.3) is 0 Å². The number of carbonyl (C=O) groups excluding carboxylic acids is 6. The Balaban J connectivity index is 2.75. The average Bonchev–Trinajstić information content (AvgIpc) is 3.75. The number of aliphatic carboxylic acids is 4. The summed E-state index contributed by atoms with van der Waals surface area (Å²) in [4.78, 5) is 124. The molecule has 5 atom stereocenters. The van der Waals surface area contributed by atoms with Gasteiger partial charge >= 0.3 is 23.9 Å². The number of carboxylic acids is 4. The second kappa shape index (κ2) is 32.5. The molecule has 1 heterocycles. The number of hydrazine groups is 2. The molecule has 0 fully saturated rings. The number of carboxylic acid groups (broad SMARTS) is 4. The van der Waals surface area contributed by atoms with Gasteiger partial charge in [-0.3, -0.25) is 47.9 Å². The zero-order chi connectivity index (χ0) is 48.7. The van der Waals surface area contributed by atoms with E-state index in [-0.39, 0.29) is 78.9 Å². The summed E-state index contributed by atoms with van der Waals surface area (Å²) in [5, 5.41) is 53.5. The minimum absolute atomic E-state index is 0.0304. The van der Waals surface area contributed by atoms with Gasteiger partial charge in [-0.1, -0.05) is 13.8 Å². The van der Waals surface area contributed by atoms with Crippen LogP contribution in [0.1, 0.15) is 52.9 Å². The molecule has 65 heavy (non-hydrogen) atoms. The molecule has 0 aliphatic carbocycles. The summed E-state index contributed by atoms with van der Waals surface area (Å²) in [5.74, 6) is -11.9. The van der Waals surface area contributed by atoms with Crippen molar-refractivity contribution in [3.8, 4) is 0 Å².